The van der Waals surface area contributed by atoms with E-state index in [2.05, 4.69) is 15.1 Å². The van der Waals surface area contributed by atoms with Gasteiger partial charge in [0.1, 0.15) is 11.0 Å². The lowest BCUT2D eigenvalue weighted by molar-refractivity contribution is 0.422. The van der Waals surface area contributed by atoms with Gasteiger partial charge in [-0.15, -0.1) is 11.3 Å². The number of nitrogens with zero attached hydrogens (tertiary/aromatic N) is 5. The van der Waals surface area contributed by atoms with E-state index >= 15 is 0 Å². The number of hydrogen-bond acceptors (Lipinski definition) is 6. The predicted molar refractivity (Wildman–Crippen MR) is 78.5 cm³/mol. The Labute approximate surface area is 122 Å². The SMILES string of the molecule is CCc1noc(-c2ncn3c4ccsc4c(=O)n(C)c23)n1. The van der Waals surface area contributed by atoms with Gasteiger partial charge >= 0.3 is 0 Å². The number of aromatic nitrogens is 5. The van der Waals surface area contributed by atoms with Crippen LogP contribution in [-0.4, -0.2) is 24.1 Å². The number of hydrogen-bond donors (Lipinski definition) is 0. The zero-order chi connectivity index (χ0) is 14.6. The molecule has 4 aromatic rings. The fourth-order valence-corrected chi connectivity index (χ4v) is 3.24. The Morgan fingerprint density at radius 2 is 2.29 bits per heavy atom. The number of fused-ring (bicyclic) bond motifs is 3. The molecule has 0 amide bonds. The average Bonchev–Trinajstić information content (AvgIpc) is 3.20. The van der Waals surface area contributed by atoms with Gasteiger partial charge in [0.15, 0.2) is 17.2 Å². The van der Waals surface area contributed by atoms with Crippen molar-refractivity contribution < 1.29 is 4.52 Å². The van der Waals surface area contributed by atoms with Crippen LogP contribution in [0.1, 0.15) is 12.7 Å². The molecular formula is C13H11N5O2S. The lowest BCUT2D eigenvalue weighted by Gasteiger charge is -2.04. The van der Waals surface area contributed by atoms with E-state index in [1.54, 1.807) is 17.9 Å². The van der Waals surface area contributed by atoms with E-state index in [9.17, 15) is 4.79 Å². The second-order valence-electron chi connectivity index (χ2n) is 4.66. The van der Waals surface area contributed by atoms with E-state index in [1.165, 1.54) is 11.3 Å². The highest BCUT2D eigenvalue weighted by Gasteiger charge is 2.19. The summed E-state index contributed by atoms with van der Waals surface area (Å²) < 4.78 is 9.39. The summed E-state index contributed by atoms with van der Waals surface area (Å²) in [5.41, 5.74) is 1.96. The first-order valence-electron chi connectivity index (χ1n) is 6.47. The summed E-state index contributed by atoms with van der Waals surface area (Å²) in [6.07, 6.45) is 2.36. The normalized spacial score (nSPS) is 11.7. The third-order valence-corrected chi connectivity index (χ3v) is 4.34. The van der Waals surface area contributed by atoms with E-state index in [-0.39, 0.29) is 5.56 Å². The smallest absolute Gasteiger partial charge is 0.280 e. The number of rotatable bonds is 2. The molecule has 0 unspecified atom stereocenters. The fraction of sp³-hybridized carbons (Fsp3) is 0.231. The molecule has 0 saturated carbocycles. The largest absolute Gasteiger partial charge is 0.332 e. The Hall–Kier alpha value is -2.48. The van der Waals surface area contributed by atoms with Crippen molar-refractivity contribution in [2.75, 3.05) is 0 Å². The second kappa shape index (κ2) is 4.26. The first kappa shape index (κ1) is 12.3. The van der Waals surface area contributed by atoms with Gasteiger partial charge < -0.3 is 4.52 Å². The topological polar surface area (TPSA) is 78.2 Å². The molecular weight excluding hydrogens is 290 g/mol. The molecule has 0 spiro atoms. The number of aryl methyl sites for hydroxylation is 2. The van der Waals surface area contributed by atoms with Gasteiger partial charge in [-0.1, -0.05) is 12.1 Å². The molecule has 0 aliphatic rings. The summed E-state index contributed by atoms with van der Waals surface area (Å²) in [6.45, 7) is 1.95. The van der Waals surface area contributed by atoms with Crippen LogP contribution in [0.2, 0.25) is 0 Å². The Morgan fingerprint density at radius 3 is 3.05 bits per heavy atom. The summed E-state index contributed by atoms with van der Waals surface area (Å²) in [7, 11) is 1.72. The van der Waals surface area contributed by atoms with E-state index < -0.39 is 0 Å². The maximum absolute atomic E-state index is 12.4. The number of imidazole rings is 1. The molecule has 0 radical (unpaired) electrons. The molecule has 0 N–H and O–H groups in total. The van der Waals surface area contributed by atoms with Crippen LogP contribution in [0.3, 0.4) is 0 Å². The molecule has 8 heteroatoms. The lowest BCUT2D eigenvalue weighted by atomic mass is 10.4. The van der Waals surface area contributed by atoms with Crippen molar-refractivity contribution in [3.63, 3.8) is 0 Å². The molecule has 0 bridgehead atoms. The predicted octanol–water partition coefficient (Wildman–Crippen LogP) is 1.86. The highest BCUT2D eigenvalue weighted by Crippen LogP contribution is 2.25. The minimum absolute atomic E-state index is 0.0514. The van der Waals surface area contributed by atoms with E-state index in [0.717, 1.165) is 5.52 Å². The maximum atomic E-state index is 12.4. The molecule has 4 aromatic heterocycles. The standard InChI is InChI=1S/C13H11N5O2S/c1-3-8-15-11(20-16-8)9-12-17(2)13(19)10-7(4-5-21-10)18(12)6-14-9/h4-6H,3H2,1-2H3. The summed E-state index contributed by atoms with van der Waals surface area (Å²) >= 11 is 1.42. The van der Waals surface area contributed by atoms with Gasteiger partial charge in [0.05, 0.1) is 5.52 Å². The first-order valence-corrected chi connectivity index (χ1v) is 7.35. The van der Waals surface area contributed by atoms with E-state index in [0.29, 0.717) is 34.2 Å². The highest BCUT2D eigenvalue weighted by atomic mass is 32.1. The molecule has 0 atom stereocenters. The van der Waals surface area contributed by atoms with Crippen LogP contribution in [0.4, 0.5) is 0 Å². The van der Waals surface area contributed by atoms with Crippen molar-refractivity contribution in [1.82, 2.24) is 24.1 Å². The third kappa shape index (κ3) is 1.59. The first-order chi connectivity index (χ1) is 10.2. The quantitative estimate of drug-likeness (QED) is 0.564. The van der Waals surface area contributed by atoms with Gasteiger partial charge in [0, 0.05) is 13.5 Å². The van der Waals surface area contributed by atoms with Gasteiger partial charge in [-0.3, -0.25) is 13.8 Å². The van der Waals surface area contributed by atoms with Crippen LogP contribution >= 0.6 is 11.3 Å². The van der Waals surface area contributed by atoms with Crippen molar-refractivity contribution >= 4 is 27.2 Å². The van der Waals surface area contributed by atoms with Gasteiger partial charge in [-0.25, -0.2) is 4.98 Å². The van der Waals surface area contributed by atoms with Crippen molar-refractivity contribution in [3.05, 3.63) is 34.0 Å². The van der Waals surface area contributed by atoms with E-state index in [4.69, 9.17) is 4.52 Å². The molecule has 21 heavy (non-hydrogen) atoms. The molecule has 0 fully saturated rings. The van der Waals surface area contributed by atoms with Crippen LogP contribution in [-0.2, 0) is 13.5 Å². The molecule has 4 rings (SSSR count). The molecule has 4 heterocycles. The third-order valence-electron chi connectivity index (χ3n) is 3.45. The van der Waals surface area contributed by atoms with Gasteiger partial charge in [-0.05, 0) is 11.4 Å². The van der Waals surface area contributed by atoms with Gasteiger partial charge in [0.25, 0.3) is 11.4 Å². The van der Waals surface area contributed by atoms with Crippen molar-refractivity contribution in [3.8, 4) is 11.6 Å². The van der Waals surface area contributed by atoms with Crippen LogP contribution in [0.25, 0.3) is 27.4 Å². The molecule has 0 aliphatic heterocycles. The molecule has 0 saturated heterocycles. The minimum Gasteiger partial charge on any atom is -0.332 e. The monoisotopic (exact) mass is 301 g/mol. The highest BCUT2D eigenvalue weighted by molar-refractivity contribution is 7.17. The van der Waals surface area contributed by atoms with Gasteiger partial charge in [0.2, 0.25) is 0 Å². The minimum atomic E-state index is -0.0514. The number of thiophene rings is 1. The fourth-order valence-electron chi connectivity index (χ4n) is 2.38. The summed E-state index contributed by atoms with van der Waals surface area (Å²) in [5, 5.41) is 5.78. The zero-order valence-electron chi connectivity index (χ0n) is 11.4. The van der Waals surface area contributed by atoms with Crippen molar-refractivity contribution in [2.24, 2.45) is 7.05 Å². The Morgan fingerprint density at radius 1 is 1.43 bits per heavy atom. The second-order valence-corrected chi connectivity index (χ2v) is 5.57. The summed E-state index contributed by atoms with van der Waals surface area (Å²) in [5.74, 6) is 0.951. The van der Waals surface area contributed by atoms with Crippen LogP contribution in [0.5, 0.6) is 0 Å². The van der Waals surface area contributed by atoms with Crippen LogP contribution in [0, 0.1) is 0 Å². The Kier molecular flexibility index (Phi) is 2.49. The van der Waals surface area contributed by atoms with Gasteiger partial charge in [-0.2, -0.15) is 4.98 Å². The maximum Gasteiger partial charge on any atom is 0.280 e. The molecule has 0 aliphatic carbocycles. The van der Waals surface area contributed by atoms with Crippen molar-refractivity contribution in [2.45, 2.75) is 13.3 Å². The summed E-state index contributed by atoms with van der Waals surface area (Å²) in [4.78, 5) is 21.1. The van der Waals surface area contributed by atoms with Crippen LogP contribution < -0.4 is 5.56 Å². The van der Waals surface area contributed by atoms with Crippen LogP contribution in [0.15, 0.2) is 27.1 Å². The zero-order valence-corrected chi connectivity index (χ0v) is 12.2. The average molecular weight is 301 g/mol. The summed E-state index contributed by atoms with van der Waals surface area (Å²) in [6, 6.07) is 1.91. The van der Waals surface area contributed by atoms with Crippen molar-refractivity contribution in [1.29, 1.82) is 0 Å². The lowest BCUT2D eigenvalue weighted by Crippen LogP contribution is -2.18. The Balaban J connectivity index is 2.12. The van der Waals surface area contributed by atoms with E-state index in [1.807, 2.05) is 22.8 Å². The Bertz CT molecular complexity index is 1020. The molecule has 7 nitrogen and oxygen atoms in total. The molecule has 106 valence electrons. The molecule has 0 aromatic carbocycles.